The first-order chi connectivity index (χ1) is 8.93. The van der Waals surface area contributed by atoms with Crippen molar-refractivity contribution in [3.63, 3.8) is 0 Å². The number of nitrogens with zero attached hydrogens (tertiary/aromatic N) is 1. The summed E-state index contributed by atoms with van der Waals surface area (Å²) in [6.45, 7) is 0.825. The number of hydrogen-bond donors (Lipinski definition) is 1. The van der Waals surface area contributed by atoms with Crippen molar-refractivity contribution in [2.45, 2.75) is 4.83 Å². The highest BCUT2D eigenvalue weighted by Crippen LogP contribution is 2.21. The Morgan fingerprint density at radius 1 is 1.53 bits per heavy atom. The van der Waals surface area contributed by atoms with E-state index in [4.69, 9.17) is 4.74 Å². The summed E-state index contributed by atoms with van der Waals surface area (Å²) >= 11 is 6.47. The average molecular weight is 396 g/mol. The van der Waals surface area contributed by atoms with E-state index >= 15 is 0 Å². The van der Waals surface area contributed by atoms with Gasteiger partial charge >= 0.3 is 0 Å². The first kappa shape index (κ1) is 16.1. The van der Waals surface area contributed by atoms with Gasteiger partial charge in [0.2, 0.25) is 0 Å². The maximum atomic E-state index is 11.9. The minimum Gasteiger partial charge on any atom is -0.383 e. The Labute approximate surface area is 126 Å². The molecule has 1 aromatic carbocycles. The molecule has 0 bridgehead atoms. The van der Waals surface area contributed by atoms with Crippen LogP contribution >= 0.6 is 31.9 Å². The topological polar surface area (TPSA) is 81.5 Å². The number of ether oxygens (including phenoxy) is 1. The molecule has 0 heterocycles. The lowest BCUT2D eigenvalue weighted by Gasteiger charge is -2.10. The van der Waals surface area contributed by atoms with Gasteiger partial charge in [-0.3, -0.25) is 14.9 Å². The van der Waals surface area contributed by atoms with Crippen molar-refractivity contribution < 1.29 is 14.5 Å². The lowest BCUT2D eigenvalue weighted by atomic mass is 10.2. The maximum absolute atomic E-state index is 11.9. The third-order valence-electron chi connectivity index (χ3n) is 2.19. The van der Waals surface area contributed by atoms with E-state index < -0.39 is 4.92 Å². The van der Waals surface area contributed by atoms with Gasteiger partial charge in [-0.1, -0.05) is 31.9 Å². The molecule has 0 aliphatic heterocycles. The van der Waals surface area contributed by atoms with Gasteiger partial charge in [0.1, 0.15) is 0 Å². The molecule has 0 saturated heterocycles. The molecule has 1 unspecified atom stereocenters. The first-order valence-electron chi connectivity index (χ1n) is 5.30. The second-order valence-electron chi connectivity index (χ2n) is 3.72. The van der Waals surface area contributed by atoms with Gasteiger partial charge in [-0.15, -0.1) is 0 Å². The largest absolute Gasteiger partial charge is 0.383 e. The number of non-ortho nitro benzene ring substituents is 1. The number of methoxy groups -OCH3 is 1. The lowest BCUT2D eigenvalue weighted by Crippen LogP contribution is -2.31. The van der Waals surface area contributed by atoms with Crippen LogP contribution in [0.25, 0.3) is 0 Å². The molecule has 8 heteroatoms. The number of carbonyl (C=O) groups excluding carboxylic acids is 1. The minimum atomic E-state index is -0.542. The molecule has 0 aliphatic carbocycles. The second-order valence-corrected chi connectivity index (χ2v) is 5.93. The molecule has 0 saturated carbocycles. The van der Waals surface area contributed by atoms with Gasteiger partial charge in [-0.25, -0.2) is 0 Å². The third kappa shape index (κ3) is 5.25. The van der Waals surface area contributed by atoms with Gasteiger partial charge in [0, 0.05) is 35.8 Å². The Kier molecular flexibility index (Phi) is 6.40. The fraction of sp³-hybridized carbons (Fsp3) is 0.364. The number of alkyl halides is 1. The summed E-state index contributed by atoms with van der Waals surface area (Å²) in [5.41, 5.74) is 0.102. The number of carbonyl (C=O) groups is 1. The molecule has 1 aromatic rings. The predicted octanol–water partition coefficient (Wildman–Crippen LogP) is 2.50. The summed E-state index contributed by atoms with van der Waals surface area (Å²) in [6.07, 6.45) is 0. The van der Waals surface area contributed by atoms with Crippen LogP contribution in [0.4, 0.5) is 5.69 Å². The highest BCUT2D eigenvalue weighted by molar-refractivity contribution is 9.10. The molecule has 0 aromatic heterocycles. The van der Waals surface area contributed by atoms with Gasteiger partial charge in [0.25, 0.3) is 11.6 Å². The zero-order valence-corrected chi connectivity index (χ0v) is 13.2. The molecule has 6 nitrogen and oxygen atoms in total. The minimum absolute atomic E-state index is 0.0106. The van der Waals surface area contributed by atoms with Crippen molar-refractivity contribution in [2.24, 2.45) is 0 Å². The van der Waals surface area contributed by atoms with Crippen LogP contribution in [-0.2, 0) is 4.74 Å². The Morgan fingerprint density at radius 3 is 2.79 bits per heavy atom. The van der Waals surface area contributed by atoms with Crippen LogP contribution in [-0.4, -0.2) is 35.9 Å². The van der Waals surface area contributed by atoms with Crippen molar-refractivity contribution in [2.75, 3.05) is 20.3 Å². The van der Waals surface area contributed by atoms with Gasteiger partial charge in [-0.2, -0.15) is 0 Å². The van der Waals surface area contributed by atoms with Crippen molar-refractivity contribution >= 4 is 43.5 Å². The molecule has 1 rings (SSSR count). The van der Waals surface area contributed by atoms with Crippen LogP contribution in [0.15, 0.2) is 22.7 Å². The molecule has 0 radical (unpaired) electrons. The van der Waals surface area contributed by atoms with Gasteiger partial charge < -0.3 is 10.1 Å². The number of hydrogen-bond acceptors (Lipinski definition) is 4. The Hall–Kier alpha value is -0.990. The van der Waals surface area contributed by atoms with E-state index in [0.717, 1.165) is 0 Å². The maximum Gasteiger partial charge on any atom is 0.271 e. The molecular formula is C11H12Br2N2O4. The Morgan fingerprint density at radius 2 is 2.21 bits per heavy atom. The first-order valence-corrected chi connectivity index (χ1v) is 7.01. The monoisotopic (exact) mass is 394 g/mol. The van der Waals surface area contributed by atoms with Crippen molar-refractivity contribution in [1.29, 1.82) is 0 Å². The smallest absolute Gasteiger partial charge is 0.271 e. The lowest BCUT2D eigenvalue weighted by molar-refractivity contribution is -0.385. The zero-order valence-electron chi connectivity index (χ0n) is 10.1. The van der Waals surface area contributed by atoms with Crippen molar-refractivity contribution in [3.05, 3.63) is 38.3 Å². The SMILES string of the molecule is COCC(Br)CNC(=O)c1cc(Br)cc([N+](=O)[O-])c1. The number of nitrogens with one attached hydrogen (secondary N) is 1. The molecule has 1 amide bonds. The van der Waals surface area contributed by atoms with E-state index in [-0.39, 0.29) is 22.0 Å². The van der Waals surface area contributed by atoms with Crippen LogP contribution in [0.1, 0.15) is 10.4 Å². The summed E-state index contributed by atoms with van der Waals surface area (Å²) in [7, 11) is 1.56. The van der Waals surface area contributed by atoms with Crippen LogP contribution in [0.2, 0.25) is 0 Å². The molecule has 104 valence electrons. The van der Waals surface area contributed by atoms with E-state index in [0.29, 0.717) is 17.6 Å². The van der Waals surface area contributed by atoms with E-state index in [2.05, 4.69) is 37.2 Å². The second kappa shape index (κ2) is 7.56. The van der Waals surface area contributed by atoms with Gasteiger partial charge in [0.15, 0.2) is 0 Å². The number of nitro benzene ring substituents is 1. The number of halogens is 2. The van der Waals surface area contributed by atoms with E-state index in [9.17, 15) is 14.9 Å². The fourth-order valence-corrected chi connectivity index (χ4v) is 2.26. The highest BCUT2D eigenvalue weighted by Gasteiger charge is 2.14. The quantitative estimate of drug-likeness (QED) is 0.455. The van der Waals surface area contributed by atoms with Gasteiger partial charge in [-0.05, 0) is 6.07 Å². The zero-order chi connectivity index (χ0) is 14.4. The molecular weight excluding hydrogens is 384 g/mol. The van der Waals surface area contributed by atoms with Crippen LogP contribution in [0, 0.1) is 10.1 Å². The molecule has 1 atom stereocenters. The van der Waals surface area contributed by atoms with Crippen molar-refractivity contribution in [3.8, 4) is 0 Å². The molecule has 0 fully saturated rings. The van der Waals surface area contributed by atoms with Crippen LogP contribution < -0.4 is 5.32 Å². The Balaban J connectivity index is 2.74. The van der Waals surface area contributed by atoms with Crippen LogP contribution in [0.3, 0.4) is 0 Å². The highest BCUT2D eigenvalue weighted by atomic mass is 79.9. The Bertz CT molecular complexity index is 482. The predicted molar refractivity (Wildman–Crippen MR) is 77.7 cm³/mol. The number of amides is 1. The average Bonchev–Trinajstić information content (AvgIpc) is 2.35. The van der Waals surface area contributed by atoms with E-state index in [1.165, 1.54) is 18.2 Å². The molecule has 0 aliphatic rings. The number of nitro groups is 1. The summed E-state index contributed by atoms with van der Waals surface area (Å²) < 4.78 is 5.40. The summed E-state index contributed by atoms with van der Waals surface area (Å²) in [4.78, 5) is 22.0. The van der Waals surface area contributed by atoms with Gasteiger partial charge in [0.05, 0.1) is 16.4 Å². The van der Waals surface area contributed by atoms with E-state index in [1.807, 2.05) is 0 Å². The third-order valence-corrected chi connectivity index (χ3v) is 3.23. The summed E-state index contributed by atoms with van der Waals surface area (Å²) in [6, 6.07) is 4.11. The summed E-state index contributed by atoms with van der Waals surface area (Å²) in [5, 5.41) is 13.4. The number of benzene rings is 1. The standard InChI is InChI=1S/C11H12Br2N2O4/c1-19-6-9(13)5-14-11(16)7-2-8(12)4-10(3-7)15(17)18/h2-4,9H,5-6H2,1H3,(H,14,16). The fourth-order valence-electron chi connectivity index (χ4n) is 1.36. The molecule has 19 heavy (non-hydrogen) atoms. The molecule has 0 spiro atoms. The normalized spacial score (nSPS) is 11.9. The van der Waals surface area contributed by atoms with E-state index in [1.54, 1.807) is 7.11 Å². The summed E-state index contributed by atoms with van der Waals surface area (Å²) in [5.74, 6) is -0.370. The van der Waals surface area contributed by atoms with Crippen molar-refractivity contribution in [1.82, 2.24) is 5.32 Å². The number of rotatable bonds is 6. The molecule has 1 N–H and O–H groups in total. The van der Waals surface area contributed by atoms with Crippen LogP contribution in [0.5, 0.6) is 0 Å².